The maximum absolute atomic E-state index is 12.2. The van der Waals surface area contributed by atoms with Crippen LogP contribution in [0.25, 0.3) is 0 Å². The highest BCUT2D eigenvalue weighted by atomic mass is 16.5. The Kier molecular flexibility index (Phi) is 7.26. The Morgan fingerprint density at radius 3 is 2.88 bits per heavy atom. The van der Waals surface area contributed by atoms with E-state index in [1.807, 2.05) is 31.2 Å². The molecule has 25 heavy (non-hydrogen) atoms. The molecule has 1 aromatic heterocycles. The summed E-state index contributed by atoms with van der Waals surface area (Å²) in [7, 11) is 1.77. The van der Waals surface area contributed by atoms with E-state index in [0.29, 0.717) is 18.8 Å². The number of hydrogen-bond donors (Lipinski definition) is 1. The molecule has 2 rings (SSSR count). The highest BCUT2D eigenvalue weighted by Gasteiger charge is 2.11. The van der Waals surface area contributed by atoms with Gasteiger partial charge in [-0.3, -0.25) is 9.48 Å². The first-order valence-electron chi connectivity index (χ1n) is 8.75. The van der Waals surface area contributed by atoms with Gasteiger partial charge in [-0.2, -0.15) is 5.10 Å². The zero-order valence-electron chi connectivity index (χ0n) is 15.3. The first-order chi connectivity index (χ1) is 12.1. The number of ether oxygens (including phenoxy) is 1. The van der Waals surface area contributed by atoms with E-state index in [4.69, 9.17) is 4.74 Å². The van der Waals surface area contributed by atoms with Crippen LogP contribution in [0.15, 0.2) is 42.5 Å². The van der Waals surface area contributed by atoms with Crippen molar-refractivity contribution in [2.75, 3.05) is 6.61 Å². The lowest BCUT2D eigenvalue weighted by Gasteiger charge is -2.09. The number of nitrogens with zero attached hydrogens (tertiary/aromatic N) is 2. The average Bonchev–Trinajstić information content (AvgIpc) is 2.94. The fourth-order valence-electron chi connectivity index (χ4n) is 2.52. The largest absolute Gasteiger partial charge is 0.494 e. The van der Waals surface area contributed by atoms with E-state index in [1.54, 1.807) is 17.8 Å². The van der Waals surface area contributed by atoms with E-state index < -0.39 is 0 Å². The summed E-state index contributed by atoms with van der Waals surface area (Å²) in [5.41, 5.74) is 2.40. The number of aromatic nitrogens is 2. The van der Waals surface area contributed by atoms with Crippen LogP contribution in [0.1, 0.15) is 47.9 Å². The van der Waals surface area contributed by atoms with Gasteiger partial charge in [0.25, 0.3) is 5.91 Å². The van der Waals surface area contributed by atoms with Crippen LogP contribution in [0.2, 0.25) is 0 Å². The van der Waals surface area contributed by atoms with Gasteiger partial charge in [-0.25, -0.2) is 0 Å². The highest BCUT2D eigenvalue weighted by Crippen LogP contribution is 2.14. The molecule has 0 aliphatic heterocycles. The minimum atomic E-state index is -0.128. The van der Waals surface area contributed by atoms with E-state index in [1.165, 1.54) is 0 Å². The number of aryl methyl sites for hydroxylation is 2. The Morgan fingerprint density at radius 1 is 1.32 bits per heavy atom. The van der Waals surface area contributed by atoms with Gasteiger partial charge in [0.2, 0.25) is 0 Å². The Bertz CT molecular complexity index is 719. The summed E-state index contributed by atoms with van der Waals surface area (Å²) in [5, 5.41) is 7.12. The van der Waals surface area contributed by atoms with Gasteiger partial charge >= 0.3 is 0 Å². The molecule has 0 radical (unpaired) electrons. The standard InChI is InChI=1S/C20H27N3O2/c1-4-5-6-7-8-12-25-18-11-9-10-17(14-18)15-21-20(24)19-13-16(2)22-23(19)3/h5-6,9-11,13-14H,4,7-8,12,15H2,1-3H3,(H,21,24). The van der Waals surface area contributed by atoms with Crippen LogP contribution in [0.5, 0.6) is 5.75 Å². The van der Waals surface area contributed by atoms with Crippen molar-refractivity contribution in [3.05, 3.63) is 59.4 Å². The number of amides is 1. The number of benzene rings is 1. The third-order valence-electron chi connectivity index (χ3n) is 3.77. The highest BCUT2D eigenvalue weighted by molar-refractivity contribution is 5.92. The maximum Gasteiger partial charge on any atom is 0.269 e. The molecule has 5 nitrogen and oxygen atoms in total. The van der Waals surface area contributed by atoms with E-state index in [2.05, 4.69) is 29.5 Å². The van der Waals surface area contributed by atoms with E-state index >= 15 is 0 Å². The topological polar surface area (TPSA) is 56.1 Å². The SMILES string of the molecule is CCC=CCCCOc1cccc(CNC(=O)c2cc(C)nn2C)c1. The Balaban J connectivity index is 1.81. The molecule has 0 fully saturated rings. The number of nitrogens with one attached hydrogen (secondary N) is 1. The van der Waals surface area contributed by atoms with Crippen LogP contribution in [-0.4, -0.2) is 22.3 Å². The lowest BCUT2D eigenvalue weighted by atomic mass is 10.2. The number of unbranched alkanes of at least 4 members (excludes halogenated alkanes) is 1. The van der Waals surface area contributed by atoms with Gasteiger partial charge in [-0.15, -0.1) is 0 Å². The maximum atomic E-state index is 12.2. The normalized spacial score (nSPS) is 11.0. The van der Waals surface area contributed by atoms with Crippen molar-refractivity contribution < 1.29 is 9.53 Å². The van der Waals surface area contributed by atoms with Gasteiger partial charge in [0.1, 0.15) is 11.4 Å². The van der Waals surface area contributed by atoms with Gasteiger partial charge in [-0.05, 0) is 49.9 Å². The van der Waals surface area contributed by atoms with Gasteiger partial charge < -0.3 is 10.1 Å². The second-order valence-corrected chi connectivity index (χ2v) is 5.99. The number of hydrogen-bond acceptors (Lipinski definition) is 3. The minimum absolute atomic E-state index is 0.128. The second kappa shape index (κ2) is 9.67. The predicted octanol–water partition coefficient (Wildman–Crippen LogP) is 3.78. The molecule has 0 aliphatic carbocycles. The molecule has 0 saturated carbocycles. The summed E-state index contributed by atoms with van der Waals surface area (Å²) < 4.78 is 7.37. The first-order valence-corrected chi connectivity index (χ1v) is 8.75. The second-order valence-electron chi connectivity index (χ2n) is 5.99. The van der Waals surface area contributed by atoms with Crippen LogP contribution in [0.4, 0.5) is 0 Å². The monoisotopic (exact) mass is 341 g/mol. The van der Waals surface area contributed by atoms with Crippen molar-refractivity contribution in [2.24, 2.45) is 7.05 Å². The molecule has 0 bridgehead atoms. The van der Waals surface area contributed by atoms with Crippen LogP contribution in [0, 0.1) is 6.92 Å². The smallest absolute Gasteiger partial charge is 0.269 e. The zero-order chi connectivity index (χ0) is 18.1. The fourth-order valence-corrected chi connectivity index (χ4v) is 2.52. The number of carbonyl (C=O) groups is 1. The molecule has 1 amide bonds. The third kappa shape index (κ3) is 6.10. The molecule has 0 spiro atoms. The van der Waals surface area contributed by atoms with Gasteiger partial charge in [-0.1, -0.05) is 31.2 Å². The molecule has 1 N–H and O–H groups in total. The summed E-state index contributed by atoms with van der Waals surface area (Å²) in [6.07, 6.45) is 7.47. The van der Waals surface area contributed by atoms with E-state index in [0.717, 1.165) is 36.3 Å². The summed E-state index contributed by atoms with van der Waals surface area (Å²) in [6, 6.07) is 9.61. The van der Waals surface area contributed by atoms with Crippen molar-refractivity contribution in [1.29, 1.82) is 0 Å². The lowest BCUT2D eigenvalue weighted by molar-refractivity contribution is 0.0941. The van der Waals surface area contributed by atoms with Gasteiger partial charge in [0.05, 0.1) is 12.3 Å². The summed E-state index contributed by atoms with van der Waals surface area (Å²) in [5.74, 6) is 0.708. The quantitative estimate of drug-likeness (QED) is 0.558. The first kappa shape index (κ1) is 18.8. The molecule has 1 aromatic carbocycles. The summed E-state index contributed by atoms with van der Waals surface area (Å²) in [6.45, 7) is 5.15. The Morgan fingerprint density at radius 2 is 2.16 bits per heavy atom. The van der Waals surface area contributed by atoms with Crippen LogP contribution < -0.4 is 10.1 Å². The average molecular weight is 341 g/mol. The molecule has 0 aliphatic rings. The summed E-state index contributed by atoms with van der Waals surface area (Å²) in [4.78, 5) is 12.2. The van der Waals surface area contributed by atoms with Crippen LogP contribution in [0.3, 0.4) is 0 Å². The van der Waals surface area contributed by atoms with Crippen molar-refractivity contribution in [3.8, 4) is 5.75 Å². The van der Waals surface area contributed by atoms with Gasteiger partial charge in [0, 0.05) is 13.6 Å². The molecule has 134 valence electrons. The zero-order valence-corrected chi connectivity index (χ0v) is 15.3. The van der Waals surface area contributed by atoms with Crippen molar-refractivity contribution >= 4 is 5.91 Å². The van der Waals surface area contributed by atoms with Crippen molar-refractivity contribution in [2.45, 2.75) is 39.7 Å². The van der Waals surface area contributed by atoms with E-state index in [-0.39, 0.29) is 5.91 Å². The van der Waals surface area contributed by atoms with Gasteiger partial charge in [0.15, 0.2) is 0 Å². The molecular weight excluding hydrogens is 314 g/mol. The molecule has 5 heteroatoms. The number of allylic oxidation sites excluding steroid dienone is 2. The Hall–Kier alpha value is -2.56. The molecule has 1 heterocycles. The minimum Gasteiger partial charge on any atom is -0.494 e. The lowest BCUT2D eigenvalue weighted by Crippen LogP contribution is -2.25. The van der Waals surface area contributed by atoms with Crippen LogP contribution >= 0.6 is 0 Å². The molecule has 0 unspecified atom stereocenters. The molecular formula is C20H27N3O2. The predicted molar refractivity (Wildman–Crippen MR) is 99.7 cm³/mol. The van der Waals surface area contributed by atoms with E-state index in [9.17, 15) is 4.79 Å². The number of rotatable bonds is 9. The Labute approximate surface area is 149 Å². The molecule has 2 aromatic rings. The molecule has 0 atom stereocenters. The van der Waals surface area contributed by atoms with Crippen LogP contribution in [-0.2, 0) is 13.6 Å². The van der Waals surface area contributed by atoms with Crippen molar-refractivity contribution in [1.82, 2.24) is 15.1 Å². The fraction of sp³-hybridized carbons (Fsp3) is 0.400. The number of carbonyl (C=O) groups excluding carboxylic acids is 1. The summed E-state index contributed by atoms with van der Waals surface area (Å²) >= 11 is 0. The van der Waals surface area contributed by atoms with Crippen molar-refractivity contribution in [3.63, 3.8) is 0 Å². The molecule has 0 saturated heterocycles. The third-order valence-corrected chi connectivity index (χ3v) is 3.77.